The van der Waals surface area contributed by atoms with Gasteiger partial charge in [0.25, 0.3) is 0 Å². The normalized spacial score (nSPS) is 30.1. The summed E-state index contributed by atoms with van der Waals surface area (Å²) in [5.74, 6) is 0.905. The minimum atomic E-state index is -0.123. The maximum Gasteiger partial charge on any atom is 0.234 e. The third-order valence-electron chi connectivity index (χ3n) is 3.56. The Labute approximate surface area is 104 Å². The van der Waals surface area contributed by atoms with E-state index in [0.717, 1.165) is 25.6 Å². The van der Waals surface area contributed by atoms with E-state index in [0.29, 0.717) is 12.6 Å². The second-order valence-corrected chi connectivity index (χ2v) is 6.46. The predicted molar refractivity (Wildman–Crippen MR) is 68.9 cm³/mol. The zero-order valence-electron chi connectivity index (χ0n) is 11.3. The number of rotatable bonds is 2. The molecule has 2 saturated heterocycles. The van der Waals surface area contributed by atoms with Gasteiger partial charge in [-0.1, -0.05) is 0 Å². The molecule has 0 saturated carbocycles. The van der Waals surface area contributed by atoms with Crippen LogP contribution in [0.1, 0.15) is 33.6 Å². The van der Waals surface area contributed by atoms with Crippen molar-refractivity contribution in [2.75, 3.05) is 26.2 Å². The van der Waals surface area contributed by atoms with E-state index in [-0.39, 0.29) is 11.4 Å². The molecule has 2 unspecified atom stereocenters. The van der Waals surface area contributed by atoms with Crippen molar-refractivity contribution < 1.29 is 4.79 Å². The van der Waals surface area contributed by atoms with Crippen molar-refractivity contribution >= 4 is 5.91 Å². The molecule has 0 radical (unpaired) electrons. The Bertz CT molecular complexity index is 271. The van der Waals surface area contributed by atoms with Crippen molar-refractivity contribution in [3.05, 3.63) is 0 Å². The maximum atomic E-state index is 11.8. The Balaban J connectivity index is 1.79. The van der Waals surface area contributed by atoms with E-state index in [1.54, 1.807) is 0 Å². The zero-order chi connectivity index (χ0) is 12.5. The fourth-order valence-electron chi connectivity index (χ4n) is 2.93. The van der Waals surface area contributed by atoms with Crippen LogP contribution in [0.15, 0.2) is 0 Å². The van der Waals surface area contributed by atoms with Gasteiger partial charge in [-0.2, -0.15) is 0 Å². The van der Waals surface area contributed by atoms with Gasteiger partial charge in [-0.15, -0.1) is 0 Å². The summed E-state index contributed by atoms with van der Waals surface area (Å²) < 4.78 is 0. The molecule has 2 heterocycles. The molecular weight excluding hydrogens is 214 g/mol. The Morgan fingerprint density at radius 1 is 1.41 bits per heavy atom. The first kappa shape index (κ1) is 12.8. The van der Waals surface area contributed by atoms with Gasteiger partial charge in [0.15, 0.2) is 0 Å². The lowest BCUT2D eigenvalue weighted by Crippen LogP contribution is -2.46. The van der Waals surface area contributed by atoms with Crippen LogP contribution in [0.4, 0.5) is 0 Å². The first-order chi connectivity index (χ1) is 7.94. The fourth-order valence-corrected chi connectivity index (χ4v) is 2.93. The van der Waals surface area contributed by atoms with Gasteiger partial charge in [0.1, 0.15) is 0 Å². The Hall–Kier alpha value is -0.610. The molecule has 1 amide bonds. The van der Waals surface area contributed by atoms with E-state index in [4.69, 9.17) is 0 Å². The monoisotopic (exact) mass is 239 g/mol. The van der Waals surface area contributed by atoms with Crippen molar-refractivity contribution in [1.29, 1.82) is 0 Å². The molecule has 98 valence electrons. The van der Waals surface area contributed by atoms with Crippen molar-refractivity contribution in [3.8, 4) is 0 Å². The number of hydrogen-bond acceptors (Lipinski definition) is 3. The number of carbonyl (C=O) groups excluding carboxylic acids is 1. The molecular formula is C13H25N3O. The number of amides is 1. The smallest absolute Gasteiger partial charge is 0.234 e. The molecule has 0 aliphatic carbocycles. The Morgan fingerprint density at radius 3 is 2.82 bits per heavy atom. The van der Waals surface area contributed by atoms with Crippen LogP contribution < -0.4 is 10.6 Å². The highest BCUT2D eigenvalue weighted by molar-refractivity contribution is 5.78. The van der Waals surface area contributed by atoms with Crippen LogP contribution in [-0.4, -0.2) is 48.6 Å². The number of likely N-dealkylation sites (tertiary alicyclic amines) is 1. The van der Waals surface area contributed by atoms with Crippen LogP contribution >= 0.6 is 0 Å². The van der Waals surface area contributed by atoms with Crippen molar-refractivity contribution in [2.45, 2.75) is 45.2 Å². The molecule has 17 heavy (non-hydrogen) atoms. The fraction of sp³-hybridized carbons (Fsp3) is 0.923. The van der Waals surface area contributed by atoms with Gasteiger partial charge in [-0.25, -0.2) is 0 Å². The molecule has 2 aliphatic rings. The van der Waals surface area contributed by atoms with Gasteiger partial charge in [0.2, 0.25) is 5.91 Å². The van der Waals surface area contributed by atoms with E-state index in [1.165, 1.54) is 12.8 Å². The molecule has 4 nitrogen and oxygen atoms in total. The van der Waals surface area contributed by atoms with Crippen LogP contribution in [0.5, 0.6) is 0 Å². The lowest BCUT2D eigenvalue weighted by Gasteiger charge is -2.24. The molecule has 2 rings (SSSR count). The van der Waals surface area contributed by atoms with Gasteiger partial charge >= 0.3 is 0 Å². The van der Waals surface area contributed by atoms with Crippen molar-refractivity contribution in [1.82, 2.24) is 15.5 Å². The first-order valence-electron chi connectivity index (χ1n) is 6.71. The summed E-state index contributed by atoms with van der Waals surface area (Å²) in [6.45, 7) is 9.87. The topological polar surface area (TPSA) is 44.4 Å². The average Bonchev–Trinajstić information content (AvgIpc) is 2.55. The molecule has 2 aliphatic heterocycles. The number of carbonyl (C=O) groups is 1. The highest BCUT2D eigenvalue weighted by atomic mass is 16.2. The molecule has 0 bridgehead atoms. The zero-order valence-corrected chi connectivity index (χ0v) is 11.3. The highest BCUT2D eigenvalue weighted by Crippen LogP contribution is 2.24. The van der Waals surface area contributed by atoms with Gasteiger partial charge in [0.05, 0.1) is 6.54 Å². The third-order valence-corrected chi connectivity index (χ3v) is 3.56. The van der Waals surface area contributed by atoms with Crippen LogP contribution in [-0.2, 0) is 4.79 Å². The van der Waals surface area contributed by atoms with Gasteiger partial charge in [0, 0.05) is 24.7 Å². The third kappa shape index (κ3) is 3.68. The molecule has 0 spiro atoms. The van der Waals surface area contributed by atoms with Crippen LogP contribution in [0.3, 0.4) is 0 Å². The summed E-state index contributed by atoms with van der Waals surface area (Å²) >= 11 is 0. The Morgan fingerprint density at radius 2 is 2.18 bits per heavy atom. The van der Waals surface area contributed by atoms with Crippen LogP contribution in [0.2, 0.25) is 0 Å². The standard InChI is InChI=1S/C13H25N3O/c1-13(2,3)15-12(17)9-16-7-10-5-4-6-14-11(10)8-16/h10-11,14H,4-9H2,1-3H3,(H,15,17). The number of fused-ring (bicyclic) bond motifs is 1. The molecule has 0 aromatic heterocycles. The van der Waals surface area contributed by atoms with E-state index in [9.17, 15) is 4.79 Å². The summed E-state index contributed by atoms with van der Waals surface area (Å²) in [5.41, 5.74) is -0.123. The van der Waals surface area contributed by atoms with Crippen molar-refractivity contribution in [3.63, 3.8) is 0 Å². The molecule has 4 heteroatoms. The Kier molecular flexibility index (Phi) is 3.73. The van der Waals surface area contributed by atoms with E-state index < -0.39 is 0 Å². The predicted octanol–water partition coefficient (Wildman–Crippen LogP) is 0.585. The second kappa shape index (κ2) is 4.94. The number of hydrogen-bond donors (Lipinski definition) is 2. The number of piperidine rings is 1. The lowest BCUT2D eigenvalue weighted by atomic mass is 9.94. The number of nitrogens with one attached hydrogen (secondary N) is 2. The highest BCUT2D eigenvalue weighted by Gasteiger charge is 2.34. The largest absolute Gasteiger partial charge is 0.350 e. The summed E-state index contributed by atoms with van der Waals surface area (Å²) in [6.07, 6.45) is 2.60. The summed E-state index contributed by atoms with van der Waals surface area (Å²) in [6, 6.07) is 0.617. The molecule has 0 aromatic carbocycles. The summed E-state index contributed by atoms with van der Waals surface area (Å²) in [4.78, 5) is 14.1. The van der Waals surface area contributed by atoms with Crippen LogP contribution in [0, 0.1) is 5.92 Å². The molecule has 2 N–H and O–H groups in total. The minimum absolute atomic E-state index is 0.123. The van der Waals surface area contributed by atoms with E-state index in [2.05, 4.69) is 15.5 Å². The summed E-state index contributed by atoms with van der Waals surface area (Å²) in [7, 11) is 0. The second-order valence-electron chi connectivity index (χ2n) is 6.46. The van der Waals surface area contributed by atoms with Crippen LogP contribution in [0.25, 0.3) is 0 Å². The average molecular weight is 239 g/mol. The SMILES string of the molecule is CC(C)(C)NC(=O)CN1CC2CCCNC2C1. The number of nitrogens with zero attached hydrogens (tertiary/aromatic N) is 1. The maximum absolute atomic E-state index is 11.8. The van der Waals surface area contributed by atoms with Crippen molar-refractivity contribution in [2.24, 2.45) is 5.92 Å². The summed E-state index contributed by atoms with van der Waals surface area (Å²) in [5, 5.41) is 6.59. The van der Waals surface area contributed by atoms with Gasteiger partial charge < -0.3 is 10.6 Å². The first-order valence-corrected chi connectivity index (χ1v) is 6.71. The van der Waals surface area contributed by atoms with E-state index >= 15 is 0 Å². The molecule has 2 atom stereocenters. The molecule has 0 aromatic rings. The lowest BCUT2D eigenvalue weighted by molar-refractivity contribution is -0.123. The van der Waals surface area contributed by atoms with E-state index in [1.807, 2.05) is 20.8 Å². The quantitative estimate of drug-likeness (QED) is 0.741. The van der Waals surface area contributed by atoms with Gasteiger partial charge in [-0.3, -0.25) is 9.69 Å². The van der Waals surface area contributed by atoms with Gasteiger partial charge in [-0.05, 0) is 46.1 Å². The minimum Gasteiger partial charge on any atom is -0.350 e. The molecule has 2 fully saturated rings.